The number of pyridine rings is 1. The molecular weight excluding hydrogens is 320 g/mol. The van der Waals surface area contributed by atoms with E-state index >= 15 is 0 Å². The molecule has 1 saturated heterocycles. The van der Waals surface area contributed by atoms with E-state index in [2.05, 4.69) is 28.9 Å². The number of fused-ring (bicyclic) bond motifs is 1. The first-order chi connectivity index (χ1) is 11.9. The Bertz CT molecular complexity index is 827. The van der Waals surface area contributed by atoms with Crippen molar-refractivity contribution in [1.29, 1.82) is 0 Å². The Hall–Kier alpha value is -2.11. The Labute approximate surface area is 145 Å². The van der Waals surface area contributed by atoms with Crippen LogP contribution in [0.1, 0.15) is 12.8 Å². The van der Waals surface area contributed by atoms with E-state index in [4.69, 9.17) is 14.5 Å². The summed E-state index contributed by atoms with van der Waals surface area (Å²) in [4.78, 5) is 5.91. The minimum atomic E-state index is 0.272. The predicted molar refractivity (Wildman–Crippen MR) is 99.1 cm³/mol. The Kier molecular flexibility index (Phi) is 4.36. The van der Waals surface area contributed by atoms with E-state index in [9.17, 15) is 0 Å². The highest BCUT2D eigenvalue weighted by Crippen LogP contribution is 2.38. The highest BCUT2D eigenvalue weighted by Gasteiger charge is 2.18. The van der Waals surface area contributed by atoms with Crippen LogP contribution in [0, 0.1) is 0 Å². The first-order valence-corrected chi connectivity index (χ1v) is 9.10. The zero-order chi connectivity index (χ0) is 16.4. The second kappa shape index (κ2) is 6.79. The van der Waals surface area contributed by atoms with Crippen LogP contribution < -0.4 is 10.1 Å². The summed E-state index contributed by atoms with van der Waals surface area (Å²) in [6.45, 7) is 1.64. The summed E-state index contributed by atoms with van der Waals surface area (Å²) in [6.07, 6.45) is 4.47. The number of benzene rings is 1. The van der Waals surface area contributed by atoms with E-state index in [1.54, 1.807) is 18.4 Å². The van der Waals surface area contributed by atoms with Gasteiger partial charge >= 0.3 is 0 Å². The standard InChI is InChI=1S/C19H20N2O2S/c1-22-16-7-2-6-14-15(17-8-4-10-24-17)12-21-19(18(14)16)20-11-13-5-3-9-23-13/h2,4,6-8,10,12-13H,3,5,9,11H2,1H3,(H,20,21). The molecule has 3 aromatic rings. The van der Waals surface area contributed by atoms with Crippen molar-refractivity contribution in [3.8, 4) is 16.2 Å². The summed E-state index contributed by atoms with van der Waals surface area (Å²) < 4.78 is 11.3. The summed E-state index contributed by atoms with van der Waals surface area (Å²) in [6, 6.07) is 10.3. The Morgan fingerprint density at radius 2 is 2.29 bits per heavy atom. The molecule has 1 aliphatic heterocycles. The van der Waals surface area contributed by atoms with E-state index in [0.29, 0.717) is 0 Å². The molecule has 2 aromatic heterocycles. The maximum Gasteiger partial charge on any atom is 0.137 e. The van der Waals surface area contributed by atoms with Gasteiger partial charge in [0.15, 0.2) is 0 Å². The van der Waals surface area contributed by atoms with E-state index in [-0.39, 0.29) is 6.10 Å². The molecule has 0 bridgehead atoms. The quantitative estimate of drug-likeness (QED) is 0.739. The van der Waals surface area contributed by atoms with E-state index in [0.717, 1.165) is 53.9 Å². The third-order valence-electron chi connectivity index (χ3n) is 4.40. The number of ether oxygens (including phenoxy) is 2. The third-order valence-corrected chi connectivity index (χ3v) is 5.31. The van der Waals surface area contributed by atoms with Gasteiger partial charge in [-0.1, -0.05) is 18.2 Å². The van der Waals surface area contributed by atoms with Crippen molar-refractivity contribution in [3.05, 3.63) is 41.9 Å². The fourth-order valence-electron chi connectivity index (χ4n) is 3.21. The molecule has 5 heteroatoms. The molecule has 0 aliphatic carbocycles. The number of rotatable bonds is 5. The van der Waals surface area contributed by atoms with Gasteiger partial charge in [0.2, 0.25) is 0 Å². The fourth-order valence-corrected chi connectivity index (χ4v) is 3.96. The molecule has 1 N–H and O–H groups in total. The van der Waals surface area contributed by atoms with Crippen LogP contribution in [-0.4, -0.2) is 31.3 Å². The SMILES string of the molecule is COc1cccc2c(-c3cccs3)cnc(NCC3CCCO3)c12. The van der Waals surface area contributed by atoms with E-state index in [1.807, 2.05) is 18.3 Å². The molecule has 4 rings (SSSR count). The first-order valence-electron chi connectivity index (χ1n) is 8.22. The molecule has 1 fully saturated rings. The van der Waals surface area contributed by atoms with Gasteiger partial charge in [0, 0.05) is 29.8 Å². The average molecular weight is 340 g/mol. The second-order valence-electron chi connectivity index (χ2n) is 5.90. The number of hydrogen-bond acceptors (Lipinski definition) is 5. The van der Waals surface area contributed by atoms with Gasteiger partial charge in [-0.2, -0.15) is 0 Å². The van der Waals surface area contributed by atoms with Crippen LogP contribution in [0.2, 0.25) is 0 Å². The average Bonchev–Trinajstić information content (AvgIpc) is 3.32. The van der Waals surface area contributed by atoms with Gasteiger partial charge in [0.05, 0.1) is 18.6 Å². The molecule has 124 valence electrons. The smallest absolute Gasteiger partial charge is 0.137 e. The summed E-state index contributed by atoms with van der Waals surface area (Å²) >= 11 is 1.72. The number of thiophene rings is 1. The van der Waals surface area contributed by atoms with Crippen LogP contribution in [0.5, 0.6) is 5.75 Å². The third kappa shape index (κ3) is 2.85. The Morgan fingerprint density at radius 3 is 3.04 bits per heavy atom. The number of hydrogen-bond donors (Lipinski definition) is 1. The lowest BCUT2D eigenvalue weighted by Crippen LogP contribution is -2.19. The van der Waals surface area contributed by atoms with Crippen molar-refractivity contribution in [1.82, 2.24) is 4.98 Å². The van der Waals surface area contributed by atoms with Crippen LogP contribution in [0.15, 0.2) is 41.9 Å². The van der Waals surface area contributed by atoms with Crippen molar-refractivity contribution in [2.45, 2.75) is 18.9 Å². The van der Waals surface area contributed by atoms with Crippen LogP contribution in [0.3, 0.4) is 0 Å². The van der Waals surface area contributed by atoms with Gasteiger partial charge in [0.1, 0.15) is 11.6 Å². The Morgan fingerprint density at radius 1 is 1.33 bits per heavy atom. The maximum absolute atomic E-state index is 5.71. The van der Waals surface area contributed by atoms with Gasteiger partial charge in [-0.05, 0) is 35.7 Å². The van der Waals surface area contributed by atoms with E-state index < -0.39 is 0 Å². The molecule has 24 heavy (non-hydrogen) atoms. The topological polar surface area (TPSA) is 43.4 Å². The monoisotopic (exact) mass is 340 g/mol. The Balaban J connectivity index is 1.77. The number of nitrogens with one attached hydrogen (secondary N) is 1. The molecule has 1 atom stereocenters. The molecule has 0 spiro atoms. The van der Waals surface area contributed by atoms with Gasteiger partial charge in [-0.25, -0.2) is 4.98 Å². The van der Waals surface area contributed by atoms with Crippen LogP contribution in [-0.2, 0) is 4.74 Å². The minimum Gasteiger partial charge on any atom is -0.496 e. The summed E-state index contributed by atoms with van der Waals surface area (Å²) in [5.74, 6) is 1.70. The predicted octanol–water partition coefficient (Wildman–Crippen LogP) is 4.56. The molecular formula is C19H20N2O2S. The molecule has 0 saturated carbocycles. The fraction of sp³-hybridized carbons (Fsp3) is 0.316. The first kappa shape index (κ1) is 15.4. The lowest BCUT2D eigenvalue weighted by molar-refractivity contribution is 0.120. The van der Waals surface area contributed by atoms with Crippen molar-refractivity contribution < 1.29 is 9.47 Å². The zero-order valence-corrected chi connectivity index (χ0v) is 14.4. The molecule has 4 nitrogen and oxygen atoms in total. The van der Waals surface area contributed by atoms with Gasteiger partial charge in [-0.3, -0.25) is 0 Å². The van der Waals surface area contributed by atoms with Crippen molar-refractivity contribution >= 4 is 27.9 Å². The van der Waals surface area contributed by atoms with Crippen LogP contribution in [0.25, 0.3) is 21.2 Å². The van der Waals surface area contributed by atoms with Gasteiger partial charge in [-0.15, -0.1) is 11.3 Å². The van der Waals surface area contributed by atoms with Crippen LogP contribution >= 0.6 is 11.3 Å². The summed E-state index contributed by atoms with van der Waals surface area (Å²) in [5, 5.41) is 7.74. The molecule has 3 heterocycles. The van der Waals surface area contributed by atoms with Crippen molar-refractivity contribution in [2.75, 3.05) is 25.6 Å². The number of methoxy groups -OCH3 is 1. The lowest BCUT2D eigenvalue weighted by Gasteiger charge is -2.16. The second-order valence-corrected chi connectivity index (χ2v) is 6.84. The highest BCUT2D eigenvalue weighted by molar-refractivity contribution is 7.13. The minimum absolute atomic E-state index is 0.272. The zero-order valence-electron chi connectivity index (χ0n) is 13.6. The van der Waals surface area contributed by atoms with Gasteiger partial charge < -0.3 is 14.8 Å². The summed E-state index contributed by atoms with van der Waals surface area (Å²) in [5.41, 5.74) is 1.14. The number of nitrogens with zero attached hydrogens (tertiary/aromatic N) is 1. The molecule has 0 radical (unpaired) electrons. The summed E-state index contributed by atoms with van der Waals surface area (Å²) in [7, 11) is 1.70. The number of anilines is 1. The largest absolute Gasteiger partial charge is 0.496 e. The molecule has 1 aliphatic rings. The van der Waals surface area contributed by atoms with E-state index in [1.165, 1.54) is 4.88 Å². The normalized spacial score (nSPS) is 17.3. The van der Waals surface area contributed by atoms with Crippen molar-refractivity contribution in [2.24, 2.45) is 0 Å². The molecule has 1 unspecified atom stereocenters. The molecule has 1 aromatic carbocycles. The molecule has 0 amide bonds. The maximum atomic E-state index is 5.71. The lowest BCUT2D eigenvalue weighted by atomic mass is 10.0. The van der Waals surface area contributed by atoms with Crippen molar-refractivity contribution in [3.63, 3.8) is 0 Å². The highest BCUT2D eigenvalue weighted by atomic mass is 32.1. The van der Waals surface area contributed by atoms with Gasteiger partial charge in [0.25, 0.3) is 0 Å². The number of aromatic nitrogens is 1. The van der Waals surface area contributed by atoms with Crippen LogP contribution in [0.4, 0.5) is 5.82 Å².